The van der Waals surface area contributed by atoms with Crippen molar-refractivity contribution in [2.45, 2.75) is 46.3 Å². The predicted octanol–water partition coefficient (Wildman–Crippen LogP) is 2.96. The van der Waals surface area contributed by atoms with Gasteiger partial charge >= 0.3 is 6.18 Å². The van der Waals surface area contributed by atoms with Crippen molar-refractivity contribution in [1.82, 2.24) is 5.32 Å². The smallest absolute Gasteiger partial charge is 0.315 e. The number of halogens is 3. The Morgan fingerprint density at radius 2 is 1.62 bits per heavy atom. The molecule has 0 bridgehead atoms. The topological polar surface area (TPSA) is 12.0 Å². The van der Waals surface area contributed by atoms with Crippen LogP contribution in [0.15, 0.2) is 0 Å². The van der Waals surface area contributed by atoms with E-state index in [1.807, 2.05) is 13.8 Å². The summed E-state index contributed by atoms with van der Waals surface area (Å²) in [7, 11) is 0. The minimum Gasteiger partial charge on any atom is -0.315 e. The lowest BCUT2D eigenvalue weighted by Crippen LogP contribution is -2.36. The first-order valence-electron chi connectivity index (χ1n) is 4.47. The van der Waals surface area contributed by atoms with E-state index < -0.39 is 11.6 Å². The van der Waals surface area contributed by atoms with Crippen LogP contribution in [-0.4, -0.2) is 18.8 Å². The van der Waals surface area contributed by atoms with Crippen molar-refractivity contribution < 1.29 is 13.2 Å². The Morgan fingerprint density at radius 1 is 1.15 bits per heavy atom. The predicted molar refractivity (Wildman–Crippen MR) is 47.6 cm³/mol. The molecule has 0 aliphatic carbocycles. The van der Waals surface area contributed by atoms with Crippen LogP contribution < -0.4 is 5.32 Å². The minimum atomic E-state index is -4.11. The van der Waals surface area contributed by atoms with Crippen LogP contribution in [-0.2, 0) is 0 Å². The van der Waals surface area contributed by atoms with E-state index >= 15 is 0 Å². The van der Waals surface area contributed by atoms with Gasteiger partial charge in [-0.3, -0.25) is 0 Å². The molecule has 4 heteroatoms. The lowest BCUT2D eigenvalue weighted by molar-refractivity contribution is -0.213. The molecule has 0 heterocycles. The molecule has 0 rings (SSSR count). The van der Waals surface area contributed by atoms with Crippen LogP contribution in [0.3, 0.4) is 0 Å². The van der Waals surface area contributed by atoms with Gasteiger partial charge in [0.15, 0.2) is 0 Å². The number of alkyl halides is 3. The highest BCUT2D eigenvalue weighted by molar-refractivity contribution is 4.78. The molecule has 0 fully saturated rings. The summed E-state index contributed by atoms with van der Waals surface area (Å²) in [6.45, 7) is 6.70. The van der Waals surface area contributed by atoms with E-state index in [9.17, 15) is 13.2 Å². The summed E-state index contributed by atoms with van der Waals surface area (Å²) in [4.78, 5) is 0. The van der Waals surface area contributed by atoms with E-state index in [0.717, 1.165) is 0 Å². The largest absolute Gasteiger partial charge is 0.394 e. The normalized spacial score (nSPS) is 13.8. The molecule has 0 aliphatic heterocycles. The van der Waals surface area contributed by atoms with Crippen molar-refractivity contribution in [1.29, 1.82) is 0 Å². The average Bonchev–Trinajstić information content (AvgIpc) is 1.82. The molecule has 0 aromatic rings. The van der Waals surface area contributed by atoms with Crippen molar-refractivity contribution >= 4 is 0 Å². The fraction of sp³-hybridized carbons (Fsp3) is 1.00. The van der Waals surface area contributed by atoms with Gasteiger partial charge in [0, 0.05) is 6.04 Å². The molecule has 80 valence electrons. The molecule has 0 saturated heterocycles. The molecule has 0 aromatic heterocycles. The monoisotopic (exact) mass is 197 g/mol. The molecule has 0 aromatic carbocycles. The molecule has 0 atom stereocenters. The zero-order valence-corrected chi connectivity index (χ0v) is 8.63. The number of hydrogen-bond acceptors (Lipinski definition) is 1. The van der Waals surface area contributed by atoms with Gasteiger partial charge in [0.1, 0.15) is 0 Å². The van der Waals surface area contributed by atoms with Crippen molar-refractivity contribution in [2.75, 3.05) is 6.54 Å². The van der Waals surface area contributed by atoms with Crippen LogP contribution >= 0.6 is 0 Å². The van der Waals surface area contributed by atoms with E-state index in [-0.39, 0.29) is 12.5 Å². The van der Waals surface area contributed by atoms with Crippen LogP contribution in [0.2, 0.25) is 0 Å². The van der Waals surface area contributed by atoms with E-state index in [1.165, 1.54) is 13.8 Å². The number of nitrogens with one attached hydrogen (secondary N) is 1. The van der Waals surface area contributed by atoms with Gasteiger partial charge in [-0.2, -0.15) is 13.2 Å². The van der Waals surface area contributed by atoms with Crippen LogP contribution in [0.25, 0.3) is 0 Å². The maximum absolute atomic E-state index is 12.3. The maximum Gasteiger partial charge on any atom is 0.394 e. The van der Waals surface area contributed by atoms with Gasteiger partial charge in [-0.15, -0.1) is 0 Å². The van der Waals surface area contributed by atoms with E-state index in [0.29, 0.717) is 6.54 Å². The third-order valence-corrected chi connectivity index (χ3v) is 2.07. The standard InChI is InChI=1S/C9H18F3N/c1-7(2)13-6-5-8(3,4)9(10,11)12/h7,13H,5-6H2,1-4H3. The summed E-state index contributed by atoms with van der Waals surface area (Å²) < 4.78 is 37.0. The van der Waals surface area contributed by atoms with E-state index in [1.54, 1.807) is 0 Å². The summed E-state index contributed by atoms with van der Waals surface area (Å²) in [5.74, 6) is 0. The zero-order chi connectivity index (χ0) is 10.7. The molecule has 1 N–H and O–H groups in total. The second-order valence-electron chi connectivity index (χ2n) is 4.24. The Kier molecular flexibility index (Phi) is 4.23. The second-order valence-corrected chi connectivity index (χ2v) is 4.24. The highest BCUT2D eigenvalue weighted by Crippen LogP contribution is 2.39. The number of rotatable bonds is 4. The molecular formula is C9H18F3N. The molecule has 13 heavy (non-hydrogen) atoms. The third kappa shape index (κ3) is 4.50. The zero-order valence-electron chi connectivity index (χ0n) is 8.63. The van der Waals surface area contributed by atoms with Gasteiger partial charge in [0.25, 0.3) is 0 Å². The molecule has 1 nitrogen and oxygen atoms in total. The van der Waals surface area contributed by atoms with Gasteiger partial charge in [0.05, 0.1) is 5.41 Å². The summed E-state index contributed by atoms with van der Waals surface area (Å²) in [5, 5.41) is 2.97. The summed E-state index contributed by atoms with van der Waals surface area (Å²) >= 11 is 0. The van der Waals surface area contributed by atoms with Crippen molar-refractivity contribution in [2.24, 2.45) is 5.41 Å². The average molecular weight is 197 g/mol. The Hall–Kier alpha value is -0.250. The molecule has 0 amide bonds. The fourth-order valence-corrected chi connectivity index (χ4v) is 0.815. The quantitative estimate of drug-likeness (QED) is 0.730. The molecule has 0 unspecified atom stereocenters. The Morgan fingerprint density at radius 3 is 1.92 bits per heavy atom. The van der Waals surface area contributed by atoms with Gasteiger partial charge in [-0.25, -0.2) is 0 Å². The summed E-state index contributed by atoms with van der Waals surface area (Å²) in [5.41, 5.74) is -1.59. The first-order valence-corrected chi connectivity index (χ1v) is 4.47. The number of hydrogen-bond donors (Lipinski definition) is 1. The highest BCUT2D eigenvalue weighted by atomic mass is 19.4. The summed E-state index contributed by atoms with van der Waals surface area (Å²) in [6, 6.07) is 0.240. The maximum atomic E-state index is 12.3. The first kappa shape index (κ1) is 12.8. The van der Waals surface area contributed by atoms with E-state index in [4.69, 9.17) is 0 Å². The van der Waals surface area contributed by atoms with Crippen molar-refractivity contribution in [3.05, 3.63) is 0 Å². The van der Waals surface area contributed by atoms with Crippen molar-refractivity contribution in [3.8, 4) is 0 Å². The Balaban J connectivity index is 3.90. The van der Waals surface area contributed by atoms with E-state index in [2.05, 4.69) is 5.32 Å². The molecule has 0 radical (unpaired) electrons. The molecular weight excluding hydrogens is 179 g/mol. The lowest BCUT2D eigenvalue weighted by Gasteiger charge is -2.28. The Labute approximate surface area is 77.7 Å². The first-order chi connectivity index (χ1) is 5.67. The van der Waals surface area contributed by atoms with Gasteiger partial charge in [-0.05, 0) is 13.0 Å². The van der Waals surface area contributed by atoms with Crippen LogP contribution in [0.4, 0.5) is 13.2 Å². The fourth-order valence-electron chi connectivity index (χ4n) is 0.815. The molecule has 0 spiro atoms. The van der Waals surface area contributed by atoms with Gasteiger partial charge in [0.2, 0.25) is 0 Å². The molecule has 0 aliphatic rings. The lowest BCUT2D eigenvalue weighted by atomic mass is 9.88. The minimum absolute atomic E-state index is 0.120. The Bertz CT molecular complexity index is 149. The van der Waals surface area contributed by atoms with Crippen molar-refractivity contribution in [3.63, 3.8) is 0 Å². The van der Waals surface area contributed by atoms with Crippen LogP contribution in [0.5, 0.6) is 0 Å². The van der Waals surface area contributed by atoms with Gasteiger partial charge < -0.3 is 5.32 Å². The summed E-state index contributed by atoms with van der Waals surface area (Å²) in [6.07, 6.45) is -3.99. The van der Waals surface area contributed by atoms with Crippen LogP contribution in [0, 0.1) is 5.41 Å². The molecule has 0 saturated carbocycles. The highest BCUT2D eigenvalue weighted by Gasteiger charge is 2.46. The second kappa shape index (κ2) is 4.31. The third-order valence-electron chi connectivity index (χ3n) is 2.07. The van der Waals surface area contributed by atoms with Gasteiger partial charge in [-0.1, -0.05) is 27.7 Å². The van der Waals surface area contributed by atoms with Crippen LogP contribution in [0.1, 0.15) is 34.1 Å². The SMILES string of the molecule is CC(C)NCCC(C)(C)C(F)(F)F.